The maximum Gasteiger partial charge on any atom is 0.287 e. The number of furan rings is 1. The number of hydrogen-bond donors (Lipinski definition) is 1. The zero-order chi connectivity index (χ0) is 13.8. The molecule has 0 fully saturated rings. The van der Waals surface area contributed by atoms with Gasteiger partial charge in [-0.15, -0.1) is 22.9 Å². The van der Waals surface area contributed by atoms with Crippen molar-refractivity contribution in [1.29, 1.82) is 0 Å². The minimum absolute atomic E-state index is 0.243. The summed E-state index contributed by atoms with van der Waals surface area (Å²) in [5.41, 5.74) is 0.842. The van der Waals surface area contributed by atoms with Crippen LogP contribution in [-0.2, 0) is 18.8 Å². The van der Waals surface area contributed by atoms with Crippen LogP contribution in [0.15, 0.2) is 16.7 Å². The second-order valence-corrected chi connectivity index (χ2v) is 5.55. The van der Waals surface area contributed by atoms with Crippen molar-refractivity contribution in [2.45, 2.75) is 32.7 Å². The Morgan fingerprint density at radius 2 is 2.37 bits per heavy atom. The molecule has 0 aliphatic rings. The number of halogens is 1. The fourth-order valence-electron chi connectivity index (χ4n) is 1.60. The standard InChI is InChI=1S/C13H15ClN2O2S/c1-3-10-6-15-12(19-10)7-16-13(17)11-4-9(5-14)8(2)18-11/h4,6H,3,5,7H2,1-2H3,(H,16,17). The van der Waals surface area contributed by atoms with Crippen LogP contribution in [0, 0.1) is 6.92 Å². The SMILES string of the molecule is CCc1cnc(CNC(=O)c2cc(CCl)c(C)o2)s1. The molecular formula is C13H15ClN2O2S. The topological polar surface area (TPSA) is 55.1 Å². The Balaban J connectivity index is 1.96. The van der Waals surface area contributed by atoms with Gasteiger partial charge in [0.2, 0.25) is 0 Å². The van der Waals surface area contributed by atoms with E-state index in [4.69, 9.17) is 16.0 Å². The van der Waals surface area contributed by atoms with Gasteiger partial charge in [0, 0.05) is 16.6 Å². The maximum atomic E-state index is 11.9. The van der Waals surface area contributed by atoms with Gasteiger partial charge in [-0.3, -0.25) is 4.79 Å². The Hall–Kier alpha value is -1.33. The van der Waals surface area contributed by atoms with E-state index < -0.39 is 0 Å². The third kappa shape index (κ3) is 3.36. The van der Waals surface area contributed by atoms with Gasteiger partial charge < -0.3 is 9.73 Å². The summed E-state index contributed by atoms with van der Waals surface area (Å²) in [6.07, 6.45) is 2.80. The van der Waals surface area contributed by atoms with Crippen LogP contribution in [0.5, 0.6) is 0 Å². The first kappa shape index (κ1) is 14.1. The number of thiazole rings is 1. The Labute approximate surface area is 120 Å². The summed E-state index contributed by atoms with van der Waals surface area (Å²) in [7, 11) is 0. The van der Waals surface area contributed by atoms with Crippen LogP contribution in [0.1, 0.15) is 38.7 Å². The number of amides is 1. The minimum atomic E-state index is -0.243. The second kappa shape index (κ2) is 6.21. The molecule has 0 radical (unpaired) electrons. The highest BCUT2D eigenvalue weighted by atomic mass is 35.5. The van der Waals surface area contributed by atoms with Crippen LogP contribution in [0.3, 0.4) is 0 Å². The summed E-state index contributed by atoms with van der Waals surface area (Å²) in [5.74, 6) is 1.07. The monoisotopic (exact) mass is 298 g/mol. The summed E-state index contributed by atoms with van der Waals surface area (Å²) >= 11 is 7.35. The van der Waals surface area contributed by atoms with E-state index in [1.165, 1.54) is 4.88 Å². The van der Waals surface area contributed by atoms with Crippen molar-refractivity contribution in [3.05, 3.63) is 39.2 Å². The third-order valence-corrected chi connectivity index (χ3v) is 4.17. The van der Waals surface area contributed by atoms with Gasteiger partial charge in [0.05, 0.1) is 12.4 Å². The van der Waals surface area contributed by atoms with Crippen molar-refractivity contribution >= 4 is 28.8 Å². The van der Waals surface area contributed by atoms with Crippen molar-refractivity contribution in [3.63, 3.8) is 0 Å². The molecule has 0 aromatic carbocycles. The lowest BCUT2D eigenvalue weighted by Crippen LogP contribution is -2.22. The molecule has 0 bridgehead atoms. The lowest BCUT2D eigenvalue weighted by Gasteiger charge is -1.99. The quantitative estimate of drug-likeness (QED) is 0.862. The first-order valence-corrected chi connectivity index (χ1v) is 7.36. The molecule has 0 aliphatic heterocycles. The summed E-state index contributed by atoms with van der Waals surface area (Å²) < 4.78 is 5.37. The Morgan fingerprint density at radius 1 is 1.58 bits per heavy atom. The highest BCUT2D eigenvalue weighted by Gasteiger charge is 2.14. The largest absolute Gasteiger partial charge is 0.456 e. The molecule has 2 aromatic heterocycles. The van der Waals surface area contributed by atoms with E-state index in [9.17, 15) is 4.79 Å². The number of nitrogens with one attached hydrogen (secondary N) is 1. The maximum absolute atomic E-state index is 11.9. The van der Waals surface area contributed by atoms with Crippen molar-refractivity contribution in [2.24, 2.45) is 0 Å². The lowest BCUT2D eigenvalue weighted by atomic mass is 10.3. The van der Waals surface area contributed by atoms with Crippen molar-refractivity contribution in [1.82, 2.24) is 10.3 Å². The smallest absolute Gasteiger partial charge is 0.287 e. The summed E-state index contributed by atoms with van der Waals surface area (Å²) in [4.78, 5) is 17.4. The molecule has 0 saturated heterocycles. The van der Waals surface area contributed by atoms with Gasteiger partial charge in [0.15, 0.2) is 5.76 Å². The van der Waals surface area contributed by atoms with Gasteiger partial charge in [0.1, 0.15) is 10.8 Å². The third-order valence-electron chi connectivity index (χ3n) is 2.74. The zero-order valence-electron chi connectivity index (χ0n) is 10.8. The molecule has 0 spiro atoms. The van der Waals surface area contributed by atoms with E-state index in [-0.39, 0.29) is 5.91 Å². The van der Waals surface area contributed by atoms with Crippen molar-refractivity contribution in [2.75, 3.05) is 0 Å². The Morgan fingerprint density at radius 3 is 2.95 bits per heavy atom. The first-order chi connectivity index (χ1) is 9.13. The van der Waals surface area contributed by atoms with Gasteiger partial charge >= 0.3 is 0 Å². The molecule has 6 heteroatoms. The molecule has 1 N–H and O–H groups in total. The van der Waals surface area contributed by atoms with E-state index in [0.29, 0.717) is 23.9 Å². The van der Waals surface area contributed by atoms with Crippen molar-refractivity contribution < 1.29 is 9.21 Å². The molecular weight excluding hydrogens is 284 g/mol. The molecule has 1 amide bonds. The molecule has 0 atom stereocenters. The molecule has 102 valence electrons. The lowest BCUT2D eigenvalue weighted by molar-refractivity contribution is 0.0922. The number of aromatic nitrogens is 1. The minimum Gasteiger partial charge on any atom is -0.456 e. The molecule has 0 aliphatic carbocycles. The van der Waals surface area contributed by atoms with E-state index >= 15 is 0 Å². The van der Waals surface area contributed by atoms with Gasteiger partial charge in [-0.1, -0.05) is 6.92 Å². The normalized spacial score (nSPS) is 10.7. The highest BCUT2D eigenvalue weighted by molar-refractivity contribution is 7.11. The Bertz CT molecular complexity index is 577. The van der Waals surface area contributed by atoms with Crippen LogP contribution < -0.4 is 5.32 Å². The first-order valence-electron chi connectivity index (χ1n) is 6.01. The summed E-state index contributed by atoms with van der Waals surface area (Å²) in [6, 6.07) is 1.68. The number of hydrogen-bond acceptors (Lipinski definition) is 4. The number of nitrogens with zero attached hydrogens (tertiary/aromatic N) is 1. The van der Waals surface area contributed by atoms with Crippen LogP contribution in [-0.4, -0.2) is 10.9 Å². The summed E-state index contributed by atoms with van der Waals surface area (Å²) in [5, 5.41) is 3.68. The highest BCUT2D eigenvalue weighted by Crippen LogP contribution is 2.17. The van der Waals surface area contributed by atoms with E-state index in [1.54, 1.807) is 24.3 Å². The van der Waals surface area contributed by atoms with Gasteiger partial charge in [-0.25, -0.2) is 4.98 Å². The average molecular weight is 299 g/mol. The van der Waals surface area contributed by atoms with Crippen LogP contribution in [0.2, 0.25) is 0 Å². The van der Waals surface area contributed by atoms with Crippen LogP contribution in [0.25, 0.3) is 0 Å². The molecule has 0 saturated carbocycles. The zero-order valence-corrected chi connectivity index (χ0v) is 12.4. The van der Waals surface area contributed by atoms with Crippen molar-refractivity contribution in [3.8, 4) is 0 Å². The fraction of sp³-hybridized carbons (Fsp3) is 0.385. The number of rotatable bonds is 5. The average Bonchev–Trinajstić information content (AvgIpc) is 3.02. The molecule has 4 nitrogen and oxygen atoms in total. The van der Waals surface area contributed by atoms with Crippen LogP contribution >= 0.6 is 22.9 Å². The molecule has 19 heavy (non-hydrogen) atoms. The molecule has 2 rings (SSSR count). The van der Waals surface area contributed by atoms with Crippen LogP contribution in [0.4, 0.5) is 0 Å². The predicted octanol–water partition coefficient (Wildman–Crippen LogP) is 3.28. The molecule has 0 unspecified atom stereocenters. The summed E-state index contributed by atoms with van der Waals surface area (Å²) in [6.45, 7) is 4.29. The van der Waals surface area contributed by atoms with Gasteiger partial charge in [-0.05, 0) is 19.4 Å². The van der Waals surface area contributed by atoms with Gasteiger partial charge in [0.25, 0.3) is 5.91 Å². The van der Waals surface area contributed by atoms with Gasteiger partial charge in [-0.2, -0.15) is 0 Å². The number of carbonyl (C=O) groups is 1. The molecule has 2 aromatic rings. The number of alkyl halides is 1. The predicted molar refractivity (Wildman–Crippen MR) is 75.7 cm³/mol. The second-order valence-electron chi connectivity index (χ2n) is 4.08. The van der Waals surface area contributed by atoms with E-state index in [2.05, 4.69) is 17.2 Å². The fourth-order valence-corrected chi connectivity index (χ4v) is 2.67. The number of aryl methyl sites for hydroxylation is 2. The number of carbonyl (C=O) groups excluding carboxylic acids is 1. The van der Waals surface area contributed by atoms with E-state index in [0.717, 1.165) is 17.0 Å². The molecule has 2 heterocycles. The Kier molecular flexibility index (Phi) is 4.61. The van der Waals surface area contributed by atoms with E-state index in [1.807, 2.05) is 6.20 Å².